The van der Waals surface area contributed by atoms with Crippen molar-refractivity contribution in [3.63, 3.8) is 0 Å². The molecule has 2 rings (SSSR count). The van der Waals surface area contributed by atoms with Gasteiger partial charge in [-0.15, -0.1) is 0 Å². The first-order chi connectivity index (χ1) is 11.9. The molecule has 25 heavy (non-hydrogen) atoms. The molecule has 0 radical (unpaired) electrons. The summed E-state index contributed by atoms with van der Waals surface area (Å²) in [4.78, 5) is 5.34. The molecule has 2 heterocycles. The SMILES string of the molecule is CC(CCN1CCOCC1)CC1CCCCN(CCC(C)(C)C)CC1. The zero-order valence-corrected chi connectivity index (χ0v) is 17.6. The quantitative estimate of drug-likeness (QED) is 0.662. The first-order valence-corrected chi connectivity index (χ1v) is 10.9. The molecule has 2 aliphatic heterocycles. The van der Waals surface area contributed by atoms with Crippen LogP contribution in [-0.2, 0) is 4.74 Å². The molecule has 2 atom stereocenters. The molecule has 0 spiro atoms. The van der Waals surface area contributed by atoms with Gasteiger partial charge in [0.2, 0.25) is 0 Å². The third-order valence-corrected chi connectivity index (χ3v) is 6.15. The monoisotopic (exact) mass is 352 g/mol. The van der Waals surface area contributed by atoms with E-state index in [1.807, 2.05) is 0 Å². The molecule has 0 aromatic rings. The topological polar surface area (TPSA) is 15.7 Å². The van der Waals surface area contributed by atoms with Crippen LogP contribution < -0.4 is 0 Å². The van der Waals surface area contributed by atoms with Crippen LogP contribution in [0, 0.1) is 17.3 Å². The molecule has 148 valence electrons. The van der Waals surface area contributed by atoms with Crippen LogP contribution in [0.25, 0.3) is 0 Å². The lowest BCUT2D eigenvalue weighted by Crippen LogP contribution is -2.37. The molecule has 0 aliphatic carbocycles. The second-order valence-electron chi connectivity index (χ2n) is 9.89. The second-order valence-corrected chi connectivity index (χ2v) is 9.89. The average Bonchev–Trinajstić information content (AvgIpc) is 2.55. The van der Waals surface area contributed by atoms with Gasteiger partial charge in [0.15, 0.2) is 0 Å². The van der Waals surface area contributed by atoms with Gasteiger partial charge in [0.1, 0.15) is 0 Å². The highest BCUT2D eigenvalue weighted by molar-refractivity contribution is 4.73. The molecule has 0 saturated carbocycles. The Hall–Kier alpha value is -0.120. The van der Waals surface area contributed by atoms with E-state index in [1.165, 1.54) is 71.1 Å². The molecule has 3 nitrogen and oxygen atoms in total. The largest absolute Gasteiger partial charge is 0.379 e. The van der Waals surface area contributed by atoms with E-state index >= 15 is 0 Å². The zero-order valence-electron chi connectivity index (χ0n) is 17.6. The minimum absolute atomic E-state index is 0.468. The van der Waals surface area contributed by atoms with Crippen molar-refractivity contribution >= 4 is 0 Å². The van der Waals surface area contributed by atoms with E-state index < -0.39 is 0 Å². The Bertz CT molecular complexity index is 346. The van der Waals surface area contributed by atoms with E-state index in [9.17, 15) is 0 Å². The molecular weight excluding hydrogens is 308 g/mol. The number of ether oxygens (including phenoxy) is 1. The van der Waals surface area contributed by atoms with Gasteiger partial charge in [-0.25, -0.2) is 0 Å². The van der Waals surface area contributed by atoms with Crippen LogP contribution >= 0.6 is 0 Å². The summed E-state index contributed by atoms with van der Waals surface area (Å²) >= 11 is 0. The van der Waals surface area contributed by atoms with E-state index in [-0.39, 0.29) is 0 Å². The van der Waals surface area contributed by atoms with Crippen molar-refractivity contribution in [2.24, 2.45) is 17.3 Å². The average molecular weight is 353 g/mol. The maximum absolute atomic E-state index is 5.46. The van der Waals surface area contributed by atoms with Gasteiger partial charge in [0, 0.05) is 13.1 Å². The van der Waals surface area contributed by atoms with Crippen molar-refractivity contribution in [3.05, 3.63) is 0 Å². The number of likely N-dealkylation sites (tertiary alicyclic amines) is 1. The highest BCUT2D eigenvalue weighted by Crippen LogP contribution is 2.27. The maximum Gasteiger partial charge on any atom is 0.0594 e. The lowest BCUT2D eigenvalue weighted by molar-refractivity contribution is 0.0351. The van der Waals surface area contributed by atoms with E-state index in [0.29, 0.717) is 5.41 Å². The smallest absolute Gasteiger partial charge is 0.0594 e. The standard InChI is InChI=1S/C22H44N2O/c1-20(8-12-24-15-17-25-18-16-24)19-21-7-5-6-11-23(13-9-21)14-10-22(2,3)4/h20-21H,5-19H2,1-4H3. The summed E-state index contributed by atoms with van der Waals surface area (Å²) in [5, 5.41) is 0. The molecule has 0 amide bonds. The fourth-order valence-corrected chi connectivity index (χ4v) is 4.26. The Labute approximate surface area is 157 Å². The number of rotatable bonds is 7. The molecule has 2 aliphatic rings. The lowest BCUT2D eigenvalue weighted by atomic mass is 9.86. The summed E-state index contributed by atoms with van der Waals surface area (Å²) in [6.07, 6.45) is 9.87. The van der Waals surface area contributed by atoms with Gasteiger partial charge < -0.3 is 9.64 Å². The molecule has 2 fully saturated rings. The number of hydrogen-bond acceptors (Lipinski definition) is 3. The summed E-state index contributed by atoms with van der Waals surface area (Å²) in [7, 11) is 0. The highest BCUT2D eigenvalue weighted by atomic mass is 16.5. The lowest BCUT2D eigenvalue weighted by Gasteiger charge is -2.32. The van der Waals surface area contributed by atoms with Crippen molar-refractivity contribution in [1.29, 1.82) is 0 Å². The molecule has 0 aromatic heterocycles. The zero-order chi connectivity index (χ0) is 18.1. The van der Waals surface area contributed by atoms with Crippen molar-refractivity contribution in [2.45, 2.75) is 72.6 Å². The normalized spacial score (nSPS) is 26.2. The minimum Gasteiger partial charge on any atom is -0.379 e. The Morgan fingerprint density at radius 1 is 0.920 bits per heavy atom. The fourth-order valence-electron chi connectivity index (χ4n) is 4.26. The maximum atomic E-state index is 5.46. The predicted molar refractivity (Wildman–Crippen MR) is 108 cm³/mol. The number of morpholine rings is 1. The summed E-state index contributed by atoms with van der Waals surface area (Å²) < 4.78 is 5.46. The molecule has 2 unspecified atom stereocenters. The van der Waals surface area contributed by atoms with E-state index in [4.69, 9.17) is 4.74 Å². The van der Waals surface area contributed by atoms with Crippen molar-refractivity contribution in [2.75, 3.05) is 52.5 Å². The molecule has 0 bridgehead atoms. The molecule has 2 saturated heterocycles. The summed E-state index contributed by atoms with van der Waals surface area (Å²) in [6, 6.07) is 0. The van der Waals surface area contributed by atoms with Crippen LogP contribution in [0.1, 0.15) is 72.6 Å². The third kappa shape index (κ3) is 9.40. The predicted octanol–water partition coefficient (Wildman–Crippen LogP) is 4.66. The molecule has 0 N–H and O–H groups in total. The first-order valence-electron chi connectivity index (χ1n) is 10.9. The van der Waals surface area contributed by atoms with Crippen LogP contribution in [0.4, 0.5) is 0 Å². The number of nitrogens with zero attached hydrogens (tertiary/aromatic N) is 2. The molecular formula is C22H44N2O. The van der Waals surface area contributed by atoms with Gasteiger partial charge in [-0.05, 0) is 75.5 Å². The third-order valence-electron chi connectivity index (χ3n) is 6.15. The Morgan fingerprint density at radius 2 is 1.64 bits per heavy atom. The van der Waals surface area contributed by atoms with Gasteiger partial charge in [0.05, 0.1) is 13.2 Å². The summed E-state index contributed by atoms with van der Waals surface area (Å²) in [5.74, 6) is 1.83. The van der Waals surface area contributed by atoms with Crippen LogP contribution in [0.15, 0.2) is 0 Å². The summed E-state index contributed by atoms with van der Waals surface area (Å²) in [5.41, 5.74) is 0.468. The summed E-state index contributed by atoms with van der Waals surface area (Å²) in [6.45, 7) is 19.0. The Balaban J connectivity index is 1.66. The van der Waals surface area contributed by atoms with Gasteiger partial charge in [-0.1, -0.05) is 40.5 Å². The van der Waals surface area contributed by atoms with Crippen LogP contribution in [-0.4, -0.2) is 62.3 Å². The first kappa shape index (κ1) is 21.2. The van der Waals surface area contributed by atoms with E-state index in [2.05, 4.69) is 37.5 Å². The van der Waals surface area contributed by atoms with Crippen molar-refractivity contribution < 1.29 is 4.74 Å². The van der Waals surface area contributed by atoms with Crippen LogP contribution in [0.3, 0.4) is 0 Å². The molecule has 0 aromatic carbocycles. The Kier molecular flexibility index (Phi) is 9.23. The van der Waals surface area contributed by atoms with Gasteiger partial charge in [0.25, 0.3) is 0 Å². The van der Waals surface area contributed by atoms with Gasteiger partial charge in [-0.2, -0.15) is 0 Å². The number of hydrogen-bond donors (Lipinski definition) is 0. The van der Waals surface area contributed by atoms with Crippen LogP contribution in [0.5, 0.6) is 0 Å². The van der Waals surface area contributed by atoms with Crippen molar-refractivity contribution in [1.82, 2.24) is 9.80 Å². The van der Waals surface area contributed by atoms with E-state index in [1.54, 1.807) is 0 Å². The van der Waals surface area contributed by atoms with Gasteiger partial charge in [-0.3, -0.25) is 4.90 Å². The van der Waals surface area contributed by atoms with E-state index in [0.717, 1.165) is 38.1 Å². The van der Waals surface area contributed by atoms with Crippen LogP contribution in [0.2, 0.25) is 0 Å². The van der Waals surface area contributed by atoms with Crippen molar-refractivity contribution in [3.8, 4) is 0 Å². The van der Waals surface area contributed by atoms with Gasteiger partial charge >= 0.3 is 0 Å². The highest BCUT2D eigenvalue weighted by Gasteiger charge is 2.20. The fraction of sp³-hybridized carbons (Fsp3) is 1.00. The molecule has 3 heteroatoms. The minimum atomic E-state index is 0.468. The Morgan fingerprint density at radius 3 is 2.36 bits per heavy atom. The second kappa shape index (κ2) is 10.9.